The molecule has 9 nitrogen and oxygen atoms in total. The van der Waals surface area contributed by atoms with Crippen molar-refractivity contribution in [1.29, 1.82) is 0 Å². The minimum atomic E-state index is -4.45. The van der Waals surface area contributed by atoms with Crippen LogP contribution in [0.3, 0.4) is 0 Å². The van der Waals surface area contributed by atoms with Crippen molar-refractivity contribution in [3.63, 3.8) is 0 Å². The second kappa shape index (κ2) is 12.0. The van der Waals surface area contributed by atoms with Gasteiger partial charge in [0, 0.05) is 17.6 Å². The van der Waals surface area contributed by atoms with E-state index in [1.165, 1.54) is 41.6 Å². The monoisotopic (exact) mass is 553 g/mol. The Hall–Kier alpha value is -3.32. The molecule has 0 bridgehead atoms. The molecule has 1 aromatic heterocycles. The second-order valence-electron chi connectivity index (χ2n) is 8.93. The van der Waals surface area contributed by atoms with Crippen LogP contribution in [0, 0.1) is 0 Å². The topological polar surface area (TPSA) is 95.1 Å². The molecule has 1 fully saturated rings. The highest BCUT2D eigenvalue weighted by Gasteiger charge is 2.52. The lowest BCUT2D eigenvalue weighted by Gasteiger charge is -2.28. The van der Waals surface area contributed by atoms with E-state index in [2.05, 4.69) is 15.2 Å². The highest BCUT2D eigenvalue weighted by molar-refractivity contribution is 8.00. The average molecular weight is 554 g/mol. The number of hydrogen-bond donors (Lipinski definition) is 1. The van der Waals surface area contributed by atoms with Crippen LogP contribution >= 0.6 is 11.8 Å². The number of alkyl halides is 3. The second-order valence-corrected chi connectivity index (χ2v) is 10.1. The number of aromatic nitrogens is 1. The van der Waals surface area contributed by atoms with E-state index < -0.39 is 29.1 Å². The number of amides is 4. The summed E-state index contributed by atoms with van der Waals surface area (Å²) in [5, 5.41) is 2.64. The number of nitrogens with zero attached hydrogens (tertiary/aromatic N) is 4. The third-order valence-corrected chi connectivity index (χ3v) is 6.90. The minimum Gasteiger partial charge on any atom is -0.448 e. The number of pyridine rings is 1. The third kappa shape index (κ3) is 6.95. The first-order valence-electron chi connectivity index (χ1n) is 12.0. The maximum Gasteiger partial charge on any atom is 0.446 e. The number of benzene rings is 1. The molecule has 1 N–H and O–H groups in total. The molecule has 13 heteroatoms. The summed E-state index contributed by atoms with van der Waals surface area (Å²) in [6.45, 7) is 9.61. The highest BCUT2D eigenvalue weighted by Crippen LogP contribution is 2.39. The van der Waals surface area contributed by atoms with Crippen LogP contribution in [0.15, 0.2) is 47.6 Å². The first kappa shape index (κ1) is 29.2. The molecule has 2 heterocycles. The van der Waals surface area contributed by atoms with Crippen LogP contribution in [0.2, 0.25) is 0 Å². The van der Waals surface area contributed by atoms with E-state index in [1.54, 1.807) is 19.9 Å². The average Bonchev–Trinajstić information content (AvgIpc) is 3.02. The smallest absolute Gasteiger partial charge is 0.446 e. The van der Waals surface area contributed by atoms with Gasteiger partial charge in [-0.15, -0.1) is 0 Å². The number of hydrogen-bond acceptors (Lipinski definition) is 7. The molecule has 0 spiro atoms. The fourth-order valence-electron chi connectivity index (χ4n) is 3.92. The van der Waals surface area contributed by atoms with Crippen molar-refractivity contribution >= 4 is 41.2 Å². The molecule has 2 aromatic rings. The number of carbonyl (C=O) groups is 3. The standard InChI is InChI=1S/C25H30F3N5O4S/c1-5-31(6-2)13-14-37-22(35)30-20-15-29-12-11-17(20)16-32-23(36)33(21(34)24(32,3)4)18-7-9-19(10-8-18)38-25(26,27)28/h7-12,15H,5-6,13-14,16H2,1-4H3,(H,30,35). The van der Waals surface area contributed by atoms with Crippen LogP contribution in [0.1, 0.15) is 33.3 Å². The van der Waals surface area contributed by atoms with Gasteiger partial charge in [-0.1, -0.05) is 13.8 Å². The lowest BCUT2D eigenvalue weighted by atomic mass is 10.0. The van der Waals surface area contributed by atoms with E-state index in [4.69, 9.17) is 4.74 Å². The molecule has 1 aliphatic heterocycles. The van der Waals surface area contributed by atoms with Crippen LogP contribution in [-0.2, 0) is 16.1 Å². The van der Waals surface area contributed by atoms with Crippen LogP contribution in [0.5, 0.6) is 0 Å². The van der Waals surface area contributed by atoms with Gasteiger partial charge in [0.05, 0.1) is 24.1 Å². The van der Waals surface area contributed by atoms with Gasteiger partial charge in [-0.05, 0) is 74.6 Å². The molecule has 38 heavy (non-hydrogen) atoms. The zero-order valence-electron chi connectivity index (χ0n) is 21.5. The number of carbonyl (C=O) groups excluding carboxylic acids is 3. The Morgan fingerprint density at radius 3 is 2.39 bits per heavy atom. The molecular formula is C25H30F3N5O4S. The van der Waals surface area contributed by atoms with E-state index in [1.807, 2.05) is 13.8 Å². The Morgan fingerprint density at radius 2 is 1.79 bits per heavy atom. The molecular weight excluding hydrogens is 523 g/mol. The van der Waals surface area contributed by atoms with Gasteiger partial charge in [0.1, 0.15) is 12.1 Å². The number of imide groups is 1. The van der Waals surface area contributed by atoms with Gasteiger partial charge in [-0.2, -0.15) is 13.2 Å². The van der Waals surface area contributed by atoms with Gasteiger partial charge in [0.2, 0.25) is 0 Å². The molecule has 0 unspecified atom stereocenters. The number of ether oxygens (including phenoxy) is 1. The zero-order chi connectivity index (χ0) is 28.1. The molecule has 206 valence electrons. The molecule has 3 rings (SSSR count). The SMILES string of the molecule is CCN(CC)CCOC(=O)Nc1cnccc1CN1C(=O)N(c2ccc(SC(F)(F)F)cc2)C(=O)C1(C)C. The first-order valence-corrected chi connectivity index (χ1v) is 12.8. The van der Waals surface area contributed by atoms with Crippen LogP contribution < -0.4 is 10.2 Å². The van der Waals surface area contributed by atoms with Gasteiger partial charge in [-0.25, -0.2) is 14.5 Å². The van der Waals surface area contributed by atoms with E-state index in [0.717, 1.165) is 18.0 Å². The third-order valence-electron chi connectivity index (χ3n) is 6.16. The number of urea groups is 1. The lowest BCUT2D eigenvalue weighted by molar-refractivity contribution is -0.123. The summed E-state index contributed by atoms with van der Waals surface area (Å²) in [5.41, 5.74) is -4.71. The predicted octanol–water partition coefficient (Wildman–Crippen LogP) is 5.33. The van der Waals surface area contributed by atoms with Crippen LogP contribution in [0.25, 0.3) is 0 Å². The minimum absolute atomic E-state index is 0.0341. The number of anilines is 2. The molecule has 1 aliphatic rings. The van der Waals surface area contributed by atoms with E-state index >= 15 is 0 Å². The number of likely N-dealkylation sites (N-methyl/N-ethyl adjacent to an activating group) is 1. The van der Waals surface area contributed by atoms with Crippen molar-refractivity contribution in [2.45, 2.75) is 50.2 Å². The quantitative estimate of drug-likeness (QED) is 0.314. The predicted molar refractivity (Wildman–Crippen MR) is 138 cm³/mol. The largest absolute Gasteiger partial charge is 0.448 e. The number of thioether (sulfide) groups is 1. The molecule has 0 radical (unpaired) electrons. The summed E-state index contributed by atoms with van der Waals surface area (Å²) in [7, 11) is 0. The van der Waals surface area contributed by atoms with Crippen molar-refractivity contribution in [3.05, 3.63) is 48.3 Å². The van der Waals surface area contributed by atoms with Crippen LogP contribution in [-0.4, -0.2) is 70.1 Å². The van der Waals surface area contributed by atoms with Crippen molar-refractivity contribution in [2.75, 3.05) is 36.5 Å². The summed E-state index contributed by atoms with van der Waals surface area (Å²) in [6, 6.07) is 6.00. The van der Waals surface area contributed by atoms with Crippen molar-refractivity contribution in [1.82, 2.24) is 14.8 Å². The Balaban J connectivity index is 1.74. The maximum absolute atomic E-state index is 13.4. The van der Waals surface area contributed by atoms with E-state index in [9.17, 15) is 27.6 Å². The van der Waals surface area contributed by atoms with Gasteiger partial charge >= 0.3 is 17.6 Å². The Kier molecular flexibility index (Phi) is 9.26. The lowest BCUT2D eigenvalue weighted by Crippen LogP contribution is -2.43. The number of halogens is 3. The Bertz CT molecular complexity index is 1160. The summed E-state index contributed by atoms with van der Waals surface area (Å²) >= 11 is -0.281. The molecule has 0 saturated carbocycles. The molecule has 1 aromatic carbocycles. The van der Waals surface area contributed by atoms with E-state index in [-0.39, 0.29) is 35.5 Å². The first-order chi connectivity index (χ1) is 17.9. The van der Waals surface area contributed by atoms with E-state index in [0.29, 0.717) is 17.8 Å². The highest BCUT2D eigenvalue weighted by atomic mass is 32.2. The maximum atomic E-state index is 13.4. The van der Waals surface area contributed by atoms with Crippen molar-refractivity contribution in [3.8, 4) is 0 Å². The van der Waals surface area contributed by atoms with Gasteiger partial charge < -0.3 is 14.5 Å². The summed E-state index contributed by atoms with van der Waals surface area (Å²) in [6.07, 6.45) is 2.25. The molecule has 1 saturated heterocycles. The zero-order valence-corrected chi connectivity index (χ0v) is 22.4. The van der Waals surface area contributed by atoms with Crippen molar-refractivity contribution in [2.24, 2.45) is 0 Å². The summed E-state index contributed by atoms with van der Waals surface area (Å²) in [4.78, 5) is 47.3. The normalized spacial score (nSPS) is 15.4. The van der Waals surface area contributed by atoms with Crippen LogP contribution in [0.4, 0.5) is 34.1 Å². The Morgan fingerprint density at radius 1 is 1.13 bits per heavy atom. The summed E-state index contributed by atoms with van der Waals surface area (Å²) < 4.78 is 43.2. The molecule has 0 aliphatic carbocycles. The molecule has 4 amide bonds. The number of rotatable bonds is 10. The number of nitrogens with one attached hydrogen (secondary N) is 1. The summed E-state index contributed by atoms with van der Waals surface area (Å²) in [5.74, 6) is -0.530. The van der Waals surface area contributed by atoms with Gasteiger partial charge in [0.25, 0.3) is 5.91 Å². The Labute approximate surface area is 223 Å². The fourth-order valence-corrected chi connectivity index (χ4v) is 4.46. The van der Waals surface area contributed by atoms with Gasteiger partial charge in [0.15, 0.2) is 0 Å². The van der Waals surface area contributed by atoms with Crippen molar-refractivity contribution < 1.29 is 32.3 Å². The molecule has 0 atom stereocenters. The fraction of sp³-hybridized carbons (Fsp3) is 0.440. The van der Waals surface area contributed by atoms with Gasteiger partial charge in [-0.3, -0.25) is 15.1 Å².